The molecule has 1 unspecified atom stereocenters. The van der Waals surface area contributed by atoms with Crippen molar-refractivity contribution >= 4 is 5.69 Å². The highest BCUT2D eigenvalue weighted by Crippen LogP contribution is 2.19. The SMILES string of the molecule is CC(C)(C)CC(N)CNc1ccncc1. The zero-order chi connectivity index (χ0) is 11.3. The Hall–Kier alpha value is -1.09. The van der Waals surface area contributed by atoms with Crippen LogP contribution in [0.15, 0.2) is 24.5 Å². The van der Waals surface area contributed by atoms with E-state index in [9.17, 15) is 0 Å². The van der Waals surface area contributed by atoms with Crippen LogP contribution in [-0.4, -0.2) is 17.6 Å². The van der Waals surface area contributed by atoms with E-state index in [4.69, 9.17) is 5.73 Å². The minimum Gasteiger partial charge on any atom is -0.383 e. The third-order valence-electron chi connectivity index (χ3n) is 2.12. The molecule has 0 aliphatic heterocycles. The maximum absolute atomic E-state index is 6.03. The molecule has 0 saturated carbocycles. The van der Waals surface area contributed by atoms with Gasteiger partial charge in [-0.3, -0.25) is 4.98 Å². The molecular weight excluding hydrogens is 186 g/mol. The summed E-state index contributed by atoms with van der Waals surface area (Å²) in [7, 11) is 0. The second kappa shape index (κ2) is 5.12. The Balaban J connectivity index is 2.32. The van der Waals surface area contributed by atoms with Crippen molar-refractivity contribution in [2.75, 3.05) is 11.9 Å². The molecule has 15 heavy (non-hydrogen) atoms. The van der Waals surface area contributed by atoms with Gasteiger partial charge in [0.05, 0.1) is 0 Å². The van der Waals surface area contributed by atoms with Crippen molar-refractivity contribution in [3.8, 4) is 0 Å². The summed E-state index contributed by atoms with van der Waals surface area (Å²) in [6, 6.07) is 4.09. The molecule has 1 rings (SSSR count). The fourth-order valence-electron chi connectivity index (χ4n) is 1.58. The molecule has 3 N–H and O–H groups in total. The zero-order valence-corrected chi connectivity index (χ0v) is 9.83. The van der Waals surface area contributed by atoms with Crippen molar-refractivity contribution in [1.82, 2.24) is 4.98 Å². The highest BCUT2D eigenvalue weighted by atomic mass is 14.9. The number of rotatable bonds is 4. The summed E-state index contributed by atoms with van der Waals surface area (Å²) in [4.78, 5) is 3.96. The zero-order valence-electron chi connectivity index (χ0n) is 9.83. The maximum Gasteiger partial charge on any atom is 0.0371 e. The topological polar surface area (TPSA) is 50.9 Å². The minimum absolute atomic E-state index is 0.193. The number of nitrogens with zero attached hydrogens (tertiary/aromatic N) is 1. The molecule has 0 spiro atoms. The molecule has 0 aliphatic rings. The van der Waals surface area contributed by atoms with Gasteiger partial charge in [-0.05, 0) is 24.0 Å². The van der Waals surface area contributed by atoms with Crippen LogP contribution in [0.2, 0.25) is 0 Å². The second-order valence-electron chi connectivity index (χ2n) is 5.14. The van der Waals surface area contributed by atoms with Gasteiger partial charge >= 0.3 is 0 Å². The average molecular weight is 207 g/mol. The predicted molar refractivity (Wildman–Crippen MR) is 64.8 cm³/mol. The van der Waals surface area contributed by atoms with E-state index in [2.05, 4.69) is 31.1 Å². The maximum atomic E-state index is 6.03. The summed E-state index contributed by atoms with van der Waals surface area (Å²) in [5.41, 5.74) is 7.40. The van der Waals surface area contributed by atoms with Gasteiger partial charge in [-0.2, -0.15) is 0 Å². The Bertz CT molecular complexity index is 277. The van der Waals surface area contributed by atoms with E-state index < -0.39 is 0 Å². The molecule has 0 fully saturated rings. The number of hydrogen-bond donors (Lipinski definition) is 2. The fraction of sp³-hybridized carbons (Fsp3) is 0.583. The first kappa shape index (κ1) is 12.0. The Morgan fingerprint density at radius 2 is 1.93 bits per heavy atom. The summed E-state index contributed by atoms with van der Waals surface area (Å²) in [6.45, 7) is 7.43. The molecule has 0 aromatic carbocycles. The lowest BCUT2D eigenvalue weighted by Crippen LogP contribution is -2.33. The van der Waals surface area contributed by atoms with Crippen LogP contribution in [-0.2, 0) is 0 Å². The van der Waals surface area contributed by atoms with Crippen LogP contribution in [0, 0.1) is 5.41 Å². The Morgan fingerprint density at radius 1 is 1.33 bits per heavy atom. The van der Waals surface area contributed by atoms with Gasteiger partial charge in [-0.15, -0.1) is 0 Å². The Labute approximate surface area is 92.1 Å². The lowest BCUT2D eigenvalue weighted by molar-refractivity contribution is 0.345. The van der Waals surface area contributed by atoms with Crippen molar-refractivity contribution in [3.63, 3.8) is 0 Å². The molecule has 0 radical (unpaired) electrons. The van der Waals surface area contributed by atoms with Crippen molar-refractivity contribution in [1.29, 1.82) is 0 Å². The van der Waals surface area contributed by atoms with E-state index in [1.165, 1.54) is 0 Å². The summed E-state index contributed by atoms with van der Waals surface area (Å²) in [5.74, 6) is 0. The van der Waals surface area contributed by atoms with Gasteiger partial charge in [-0.25, -0.2) is 0 Å². The molecule has 0 bridgehead atoms. The van der Waals surface area contributed by atoms with Crippen molar-refractivity contribution in [2.45, 2.75) is 33.2 Å². The monoisotopic (exact) mass is 207 g/mol. The fourth-order valence-corrected chi connectivity index (χ4v) is 1.58. The van der Waals surface area contributed by atoms with Gasteiger partial charge < -0.3 is 11.1 Å². The third-order valence-corrected chi connectivity index (χ3v) is 2.12. The lowest BCUT2D eigenvalue weighted by atomic mass is 9.88. The Kier molecular flexibility index (Phi) is 4.09. The normalized spacial score (nSPS) is 13.6. The minimum atomic E-state index is 0.193. The molecule has 0 amide bonds. The first-order valence-electron chi connectivity index (χ1n) is 5.37. The largest absolute Gasteiger partial charge is 0.383 e. The number of nitrogens with two attached hydrogens (primary N) is 1. The van der Waals surface area contributed by atoms with Crippen molar-refractivity contribution < 1.29 is 0 Å². The number of pyridine rings is 1. The smallest absolute Gasteiger partial charge is 0.0371 e. The molecule has 3 heteroatoms. The highest BCUT2D eigenvalue weighted by Gasteiger charge is 2.15. The van der Waals surface area contributed by atoms with Gasteiger partial charge in [0.2, 0.25) is 0 Å². The standard InChI is InChI=1S/C12H21N3/c1-12(2,3)8-10(13)9-15-11-4-6-14-7-5-11/h4-7,10H,8-9,13H2,1-3H3,(H,14,15). The summed E-state index contributed by atoms with van der Waals surface area (Å²) >= 11 is 0. The van der Waals surface area contributed by atoms with Crippen LogP contribution in [0.3, 0.4) is 0 Å². The molecule has 1 aromatic rings. The summed E-state index contributed by atoms with van der Waals surface area (Å²) in [5, 5.41) is 3.30. The predicted octanol–water partition coefficient (Wildman–Crippen LogP) is 2.26. The van der Waals surface area contributed by atoms with Crippen LogP contribution < -0.4 is 11.1 Å². The van der Waals surface area contributed by atoms with Crippen LogP contribution in [0.4, 0.5) is 5.69 Å². The first-order chi connectivity index (χ1) is 6.97. The van der Waals surface area contributed by atoms with Crippen molar-refractivity contribution in [3.05, 3.63) is 24.5 Å². The van der Waals surface area contributed by atoms with Crippen LogP contribution in [0.5, 0.6) is 0 Å². The van der Waals surface area contributed by atoms with Crippen LogP contribution in [0.1, 0.15) is 27.2 Å². The lowest BCUT2D eigenvalue weighted by Gasteiger charge is -2.23. The molecule has 3 nitrogen and oxygen atoms in total. The van der Waals surface area contributed by atoms with Crippen LogP contribution >= 0.6 is 0 Å². The number of hydrogen-bond acceptors (Lipinski definition) is 3. The average Bonchev–Trinajstić information content (AvgIpc) is 2.14. The second-order valence-corrected chi connectivity index (χ2v) is 5.14. The van der Waals surface area contributed by atoms with E-state index in [-0.39, 0.29) is 6.04 Å². The third kappa shape index (κ3) is 5.37. The summed E-state index contributed by atoms with van der Waals surface area (Å²) in [6.07, 6.45) is 4.57. The van der Waals surface area contributed by atoms with E-state index in [0.29, 0.717) is 5.41 Å². The van der Waals surface area contributed by atoms with Crippen molar-refractivity contribution in [2.24, 2.45) is 11.1 Å². The molecular formula is C12H21N3. The Morgan fingerprint density at radius 3 is 2.47 bits per heavy atom. The molecule has 0 aliphatic carbocycles. The molecule has 1 atom stereocenters. The number of anilines is 1. The van der Waals surface area contributed by atoms with Gasteiger partial charge in [0.1, 0.15) is 0 Å². The van der Waals surface area contributed by atoms with Gasteiger partial charge in [0.25, 0.3) is 0 Å². The molecule has 1 heterocycles. The quantitative estimate of drug-likeness (QED) is 0.796. The molecule has 84 valence electrons. The summed E-state index contributed by atoms with van der Waals surface area (Å²) < 4.78 is 0. The van der Waals surface area contributed by atoms with Gasteiger partial charge in [-0.1, -0.05) is 20.8 Å². The van der Waals surface area contributed by atoms with E-state index in [1.807, 2.05) is 12.1 Å². The number of aromatic nitrogens is 1. The van der Waals surface area contributed by atoms with E-state index >= 15 is 0 Å². The van der Waals surface area contributed by atoms with E-state index in [1.54, 1.807) is 12.4 Å². The van der Waals surface area contributed by atoms with Crippen LogP contribution in [0.25, 0.3) is 0 Å². The highest BCUT2D eigenvalue weighted by molar-refractivity contribution is 5.40. The first-order valence-corrected chi connectivity index (χ1v) is 5.37. The molecule has 1 aromatic heterocycles. The molecule has 0 saturated heterocycles. The van der Waals surface area contributed by atoms with Gasteiger partial charge in [0.15, 0.2) is 0 Å². The number of nitrogens with one attached hydrogen (secondary N) is 1. The van der Waals surface area contributed by atoms with E-state index in [0.717, 1.165) is 18.7 Å². The van der Waals surface area contributed by atoms with Gasteiger partial charge in [0, 0.05) is 30.7 Å².